The number of aromatic nitrogens is 4. The lowest BCUT2D eigenvalue weighted by atomic mass is 10.4. The molecule has 0 saturated carbocycles. The number of carbonyl (C=O) groups is 1. The van der Waals surface area contributed by atoms with E-state index in [4.69, 9.17) is 0 Å². The van der Waals surface area contributed by atoms with Gasteiger partial charge in [0.2, 0.25) is 5.13 Å². The largest absolute Gasteiger partial charge is 0.356 e. The zero-order valence-electron chi connectivity index (χ0n) is 6.69. The van der Waals surface area contributed by atoms with Gasteiger partial charge in [-0.3, -0.25) is 10.1 Å². The molecule has 0 fully saturated rings. The van der Waals surface area contributed by atoms with Crippen molar-refractivity contribution in [2.24, 2.45) is 0 Å². The van der Waals surface area contributed by atoms with Gasteiger partial charge in [0.15, 0.2) is 0 Å². The standard InChI is InChI=1S/C6H4BrN5OS/c7-3-1-4(8-2-3)5(13)9-6-10-11-12-14-6/h1-2,8H,(H,9,10,12,13). The maximum atomic E-state index is 11.5. The third kappa shape index (κ3) is 1.96. The number of nitrogens with one attached hydrogen (secondary N) is 2. The van der Waals surface area contributed by atoms with Gasteiger partial charge in [-0.25, -0.2) is 0 Å². The first-order valence-corrected chi connectivity index (χ1v) is 5.12. The van der Waals surface area contributed by atoms with Crippen molar-refractivity contribution in [2.75, 3.05) is 5.32 Å². The van der Waals surface area contributed by atoms with Crippen LogP contribution in [0, 0.1) is 0 Å². The Balaban J connectivity index is 2.10. The summed E-state index contributed by atoms with van der Waals surface area (Å²) in [6, 6.07) is 1.67. The van der Waals surface area contributed by atoms with Crippen molar-refractivity contribution >= 4 is 38.5 Å². The van der Waals surface area contributed by atoms with E-state index in [-0.39, 0.29) is 5.91 Å². The van der Waals surface area contributed by atoms with Gasteiger partial charge >= 0.3 is 0 Å². The number of H-pyrrole nitrogens is 1. The molecule has 0 aromatic carbocycles. The lowest BCUT2D eigenvalue weighted by molar-refractivity contribution is 0.102. The third-order valence-corrected chi connectivity index (χ3v) is 2.38. The summed E-state index contributed by atoms with van der Waals surface area (Å²) in [6.45, 7) is 0. The molecule has 72 valence electrons. The maximum Gasteiger partial charge on any atom is 0.273 e. The fourth-order valence-electron chi connectivity index (χ4n) is 0.845. The van der Waals surface area contributed by atoms with Crippen molar-refractivity contribution in [3.63, 3.8) is 0 Å². The van der Waals surface area contributed by atoms with Gasteiger partial charge in [0.25, 0.3) is 5.91 Å². The molecule has 2 aromatic rings. The van der Waals surface area contributed by atoms with Crippen molar-refractivity contribution in [1.29, 1.82) is 0 Å². The first-order chi connectivity index (χ1) is 6.75. The van der Waals surface area contributed by atoms with E-state index in [1.165, 1.54) is 0 Å². The summed E-state index contributed by atoms with van der Waals surface area (Å²) < 4.78 is 4.34. The van der Waals surface area contributed by atoms with Crippen molar-refractivity contribution in [3.8, 4) is 0 Å². The van der Waals surface area contributed by atoms with E-state index in [1.54, 1.807) is 12.3 Å². The molecule has 2 N–H and O–H groups in total. The van der Waals surface area contributed by atoms with Crippen LogP contribution >= 0.6 is 27.5 Å². The topological polar surface area (TPSA) is 83.6 Å². The van der Waals surface area contributed by atoms with Crippen LogP contribution in [0.2, 0.25) is 0 Å². The maximum absolute atomic E-state index is 11.5. The molecule has 0 saturated heterocycles. The van der Waals surface area contributed by atoms with E-state index in [1.807, 2.05) is 0 Å². The van der Waals surface area contributed by atoms with Crippen molar-refractivity contribution < 1.29 is 4.79 Å². The van der Waals surface area contributed by atoms with E-state index in [2.05, 4.69) is 41.0 Å². The number of anilines is 1. The number of nitrogens with zero attached hydrogens (tertiary/aromatic N) is 3. The molecule has 0 atom stereocenters. The van der Waals surface area contributed by atoms with Crippen molar-refractivity contribution in [3.05, 3.63) is 22.4 Å². The number of aromatic amines is 1. The second-order valence-electron chi connectivity index (χ2n) is 2.35. The molecule has 0 aliphatic heterocycles. The molecular formula is C6H4BrN5OS. The van der Waals surface area contributed by atoms with Crippen molar-refractivity contribution in [1.82, 2.24) is 19.8 Å². The van der Waals surface area contributed by atoms with E-state index >= 15 is 0 Å². The highest BCUT2D eigenvalue weighted by molar-refractivity contribution is 9.10. The quantitative estimate of drug-likeness (QED) is 0.863. The van der Waals surface area contributed by atoms with Crippen LogP contribution in [0.3, 0.4) is 0 Å². The van der Waals surface area contributed by atoms with Crippen LogP contribution in [0.4, 0.5) is 5.13 Å². The fraction of sp³-hybridized carbons (Fsp3) is 0. The summed E-state index contributed by atoms with van der Waals surface area (Å²) >= 11 is 4.25. The van der Waals surface area contributed by atoms with Gasteiger partial charge in [-0.05, 0) is 27.2 Å². The summed E-state index contributed by atoms with van der Waals surface area (Å²) in [5, 5.41) is 9.87. The number of halogens is 1. The fourth-order valence-corrected chi connectivity index (χ4v) is 1.55. The van der Waals surface area contributed by atoms with Gasteiger partial charge in [0, 0.05) is 22.2 Å². The van der Waals surface area contributed by atoms with E-state index in [0.29, 0.717) is 10.8 Å². The molecule has 14 heavy (non-hydrogen) atoms. The van der Waals surface area contributed by atoms with Crippen LogP contribution in [0.5, 0.6) is 0 Å². The van der Waals surface area contributed by atoms with Crippen LogP contribution in [0.15, 0.2) is 16.7 Å². The Bertz CT molecular complexity index is 439. The van der Waals surface area contributed by atoms with E-state index in [9.17, 15) is 4.79 Å². The number of amides is 1. The predicted octanol–water partition coefficient (Wildman–Crippen LogP) is 1.28. The molecule has 2 heterocycles. The molecule has 2 aromatic heterocycles. The van der Waals surface area contributed by atoms with Crippen LogP contribution in [0.25, 0.3) is 0 Å². The minimum Gasteiger partial charge on any atom is -0.356 e. The number of hydrogen-bond donors (Lipinski definition) is 2. The average Bonchev–Trinajstić information content (AvgIpc) is 2.75. The summed E-state index contributed by atoms with van der Waals surface area (Å²) in [7, 11) is 0. The number of hydrogen-bond acceptors (Lipinski definition) is 5. The highest BCUT2D eigenvalue weighted by Gasteiger charge is 2.09. The average molecular weight is 274 g/mol. The van der Waals surface area contributed by atoms with Gasteiger partial charge in [0.1, 0.15) is 5.69 Å². The molecular weight excluding hydrogens is 270 g/mol. The van der Waals surface area contributed by atoms with Crippen molar-refractivity contribution in [2.45, 2.75) is 0 Å². The highest BCUT2D eigenvalue weighted by Crippen LogP contribution is 2.12. The van der Waals surface area contributed by atoms with Crippen LogP contribution in [-0.4, -0.2) is 25.7 Å². The smallest absolute Gasteiger partial charge is 0.273 e. The predicted molar refractivity (Wildman–Crippen MR) is 54.1 cm³/mol. The van der Waals surface area contributed by atoms with Gasteiger partial charge in [-0.15, -0.1) is 0 Å². The molecule has 0 aliphatic carbocycles. The molecule has 0 bridgehead atoms. The summed E-state index contributed by atoms with van der Waals surface area (Å²) in [4.78, 5) is 14.3. The highest BCUT2D eigenvalue weighted by atomic mass is 79.9. The number of rotatable bonds is 2. The first-order valence-electron chi connectivity index (χ1n) is 3.56. The summed E-state index contributed by atoms with van der Waals surface area (Å²) in [5.41, 5.74) is 0.451. The Morgan fingerprint density at radius 3 is 3.07 bits per heavy atom. The molecule has 6 nitrogen and oxygen atoms in total. The molecule has 0 radical (unpaired) electrons. The molecule has 1 amide bonds. The Kier molecular flexibility index (Phi) is 2.55. The second-order valence-corrected chi connectivity index (χ2v) is 4.00. The monoisotopic (exact) mass is 273 g/mol. The first kappa shape index (κ1) is 9.28. The molecule has 8 heteroatoms. The molecule has 0 aliphatic rings. The Hall–Kier alpha value is -1.28. The number of carbonyl (C=O) groups excluding carboxylic acids is 1. The normalized spacial score (nSPS) is 10.1. The van der Waals surface area contributed by atoms with E-state index in [0.717, 1.165) is 16.0 Å². The SMILES string of the molecule is O=C(Nc1nnns1)c1cc(Br)c[nH]1. The lowest BCUT2D eigenvalue weighted by Gasteiger charge is -1.95. The van der Waals surface area contributed by atoms with Gasteiger partial charge in [-0.2, -0.15) is 0 Å². The Labute approximate surface area is 91.0 Å². The molecule has 0 unspecified atom stereocenters. The van der Waals surface area contributed by atoms with Gasteiger partial charge < -0.3 is 4.98 Å². The third-order valence-electron chi connectivity index (χ3n) is 1.41. The minimum atomic E-state index is -0.269. The van der Waals surface area contributed by atoms with Crippen LogP contribution < -0.4 is 5.32 Å². The van der Waals surface area contributed by atoms with Crippen LogP contribution in [-0.2, 0) is 0 Å². The van der Waals surface area contributed by atoms with E-state index < -0.39 is 0 Å². The molecule has 0 spiro atoms. The second kappa shape index (κ2) is 3.84. The molecule has 2 rings (SSSR count). The Morgan fingerprint density at radius 1 is 1.64 bits per heavy atom. The van der Waals surface area contributed by atoms with Gasteiger partial charge in [-0.1, -0.05) is 9.59 Å². The minimum absolute atomic E-state index is 0.269. The van der Waals surface area contributed by atoms with Crippen LogP contribution in [0.1, 0.15) is 10.5 Å². The zero-order valence-corrected chi connectivity index (χ0v) is 9.09. The zero-order chi connectivity index (χ0) is 9.97. The Morgan fingerprint density at radius 2 is 2.50 bits per heavy atom. The van der Waals surface area contributed by atoms with Gasteiger partial charge in [0.05, 0.1) is 0 Å². The lowest BCUT2D eigenvalue weighted by Crippen LogP contribution is -2.11. The summed E-state index contributed by atoms with van der Waals surface area (Å²) in [6.07, 6.45) is 1.67. The summed E-state index contributed by atoms with van der Waals surface area (Å²) in [5.74, 6) is -0.269.